The van der Waals surface area contributed by atoms with Crippen molar-refractivity contribution in [2.45, 2.75) is 6.42 Å². The van der Waals surface area contributed by atoms with Crippen LogP contribution in [-0.2, 0) is 4.74 Å². The Kier molecular flexibility index (Phi) is 5.02. The topological polar surface area (TPSA) is 83.2 Å². The van der Waals surface area contributed by atoms with E-state index in [2.05, 4.69) is 20.1 Å². The number of ether oxygens (including phenoxy) is 2. The van der Waals surface area contributed by atoms with E-state index in [-0.39, 0.29) is 0 Å². The standard InChI is InChI=1S/C20H18N4O3/c1-25-10-5-11-26-18-13-21-17(12-22-18)19-23-20(27-24-19)16-9-4-7-14-6-2-3-8-15(14)16/h2-4,6-9,12-13H,5,10-11H2,1H3. The van der Waals surface area contributed by atoms with E-state index in [9.17, 15) is 0 Å². The molecule has 0 aliphatic rings. The second-order valence-electron chi connectivity index (χ2n) is 5.88. The molecule has 0 aliphatic carbocycles. The highest BCUT2D eigenvalue weighted by Gasteiger charge is 2.14. The second-order valence-corrected chi connectivity index (χ2v) is 5.88. The van der Waals surface area contributed by atoms with Crippen LogP contribution in [0.15, 0.2) is 59.4 Å². The molecule has 7 heteroatoms. The van der Waals surface area contributed by atoms with E-state index in [1.807, 2.05) is 42.5 Å². The van der Waals surface area contributed by atoms with E-state index in [0.717, 1.165) is 22.8 Å². The summed E-state index contributed by atoms with van der Waals surface area (Å²) in [7, 11) is 1.66. The van der Waals surface area contributed by atoms with Gasteiger partial charge in [-0.2, -0.15) is 4.98 Å². The van der Waals surface area contributed by atoms with Crippen LogP contribution in [0.5, 0.6) is 5.88 Å². The molecule has 0 saturated carbocycles. The highest BCUT2D eigenvalue weighted by molar-refractivity contribution is 5.94. The van der Waals surface area contributed by atoms with E-state index < -0.39 is 0 Å². The molecule has 0 spiro atoms. The molecule has 136 valence electrons. The summed E-state index contributed by atoms with van der Waals surface area (Å²) in [4.78, 5) is 13.0. The fraction of sp³-hybridized carbons (Fsp3) is 0.200. The van der Waals surface area contributed by atoms with Gasteiger partial charge in [0.25, 0.3) is 5.89 Å². The first-order valence-electron chi connectivity index (χ1n) is 8.61. The first-order valence-corrected chi connectivity index (χ1v) is 8.61. The largest absolute Gasteiger partial charge is 0.476 e. The van der Waals surface area contributed by atoms with Crippen molar-refractivity contribution in [2.24, 2.45) is 0 Å². The predicted octanol–water partition coefficient (Wildman–Crippen LogP) is 3.76. The molecule has 4 rings (SSSR count). The Hall–Kier alpha value is -3.32. The van der Waals surface area contributed by atoms with Crippen LogP contribution in [0, 0.1) is 0 Å². The lowest BCUT2D eigenvalue weighted by atomic mass is 10.0. The molecule has 0 radical (unpaired) electrons. The Labute approximate surface area is 156 Å². The molecule has 27 heavy (non-hydrogen) atoms. The fourth-order valence-electron chi connectivity index (χ4n) is 2.74. The summed E-state index contributed by atoms with van der Waals surface area (Å²) in [5.41, 5.74) is 1.41. The number of fused-ring (bicyclic) bond motifs is 1. The van der Waals surface area contributed by atoms with Crippen molar-refractivity contribution in [3.05, 3.63) is 54.9 Å². The van der Waals surface area contributed by atoms with Gasteiger partial charge < -0.3 is 14.0 Å². The second kappa shape index (κ2) is 7.92. The molecular formula is C20H18N4O3. The Morgan fingerprint density at radius 1 is 0.963 bits per heavy atom. The molecule has 0 amide bonds. The summed E-state index contributed by atoms with van der Waals surface area (Å²) in [5.74, 6) is 1.28. The maximum absolute atomic E-state index is 5.50. The van der Waals surface area contributed by atoms with E-state index in [1.165, 1.54) is 0 Å². The number of methoxy groups -OCH3 is 1. The van der Waals surface area contributed by atoms with E-state index in [4.69, 9.17) is 14.0 Å². The van der Waals surface area contributed by atoms with Crippen molar-refractivity contribution in [3.63, 3.8) is 0 Å². The highest BCUT2D eigenvalue weighted by atomic mass is 16.5. The Morgan fingerprint density at radius 2 is 1.85 bits per heavy atom. The number of benzene rings is 2. The molecule has 7 nitrogen and oxygen atoms in total. The monoisotopic (exact) mass is 362 g/mol. The minimum absolute atomic E-state index is 0.386. The maximum Gasteiger partial charge on any atom is 0.258 e. The van der Waals surface area contributed by atoms with Gasteiger partial charge in [-0.15, -0.1) is 0 Å². The van der Waals surface area contributed by atoms with Crippen molar-refractivity contribution in [1.29, 1.82) is 0 Å². The summed E-state index contributed by atoms with van der Waals surface area (Å²) in [6.07, 6.45) is 3.92. The Balaban J connectivity index is 1.54. The molecule has 2 heterocycles. The fourth-order valence-corrected chi connectivity index (χ4v) is 2.74. The average Bonchev–Trinajstić information content (AvgIpc) is 3.21. The van der Waals surface area contributed by atoms with Gasteiger partial charge in [0.2, 0.25) is 11.7 Å². The van der Waals surface area contributed by atoms with Crippen molar-refractivity contribution in [2.75, 3.05) is 20.3 Å². The first-order chi connectivity index (χ1) is 13.3. The van der Waals surface area contributed by atoms with Gasteiger partial charge in [0.15, 0.2) is 0 Å². The SMILES string of the molecule is COCCCOc1cnc(-c2noc(-c3cccc4ccccc34)n2)cn1. The molecule has 0 fully saturated rings. The van der Waals surface area contributed by atoms with Gasteiger partial charge in [-0.3, -0.25) is 0 Å². The van der Waals surface area contributed by atoms with Gasteiger partial charge in [0.05, 0.1) is 19.0 Å². The summed E-state index contributed by atoms with van der Waals surface area (Å²) >= 11 is 0. The number of aromatic nitrogens is 4. The molecule has 2 aromatic heterocycles. The molecule has 0 saturated heterocycles. The highest BCUT2D eigenvalue weighted by Crippen LogP contribution is 2.28. The lowest BCUT2D eigenvalue weighted by Gasteiger charge is -2.04. The van der Waals surface area contributed by atoms with Crippen molar-refractivity contribution in [3.8, 4) is 28.9 Å². The average molecular weight is 362 g/mol. The van der Waals surface area contributed by atoms with E-state index in [0.29, 0.717) is 36.5 Å². The van der Waals surface area contributed by atoms with Crippen LogP contribution in [0.2, 0.25) is 0 Å². The van der Waals surface area contributed by atoms with Crippen LogP contribution >= 0.6 is 0 Å². The van der Waals surface area contributed by atoms with Gasteiger partial charge in [0.1, 0.15) is 5.69 Å². The summed E-state index contributed by atoms with van der Waals surface area (Å²) < 4.78 is 15.9. The number of rotatable bonds is 7. The van der Waals surface area contributed by atoms with Gasteiger partial charge in [-0.05, 0) is 16.8 Å². The van der Waals surface area contributed by atoms with Gasteiger partial charge in [-0.1, -0.05) is 41.6 Å². The van der Waals surface area contributed by atoms with Crippen LogP contribution in [0.4, 0.5) is 0 Å². The quantitative estimate of drug-likeness (QED) is 0.463. The van der Waals surface area contributed by atoms with E-state index >= 15 is 0 Å². The van der Waals surface area contributed by atoms with Crippen LogP contribution in [0.25, 0.3) is 33.7 Å². The number of hydrogen-bond acceptors (Lipinski definition) is 7. The summed E-state index contributed by atoms with van der Waals surface area (Å²) in [6, 6.07) is 14.0. The normalized spacial score (nSPS) is 11.0. The van der Waals surface area contributed by atoms with Crippen LogP contribution < -0.4 is 4.74 Å². The van der Waals surface area contributed by atoms with Gasteiger partial charge in [0, 0.05) is 25.7 Å². The third-order valence-corrected chi connectivity index (χ3v) is 4.05. The zero-order valence-electron chi connectivity index (χ0n) is 14.8. The lowest BCUT2D eigenvalue weighted by molar-refractivity contribution is 0.170. The minimum atomic E-state index is 0.386. The third-order valence-electron chi connectivity index (χ3n) is 4.05. The van der Waals surface area contributed by atoms with Crippen LogP contribution in [-0.4, -0.2) is 40.4 Å². The molecule has 0 bridgehead atoms. The minimum Gasteiger partial charge on any atom is -0.476 e. The molecular weight excluding hydrogens is 344 g/mol. The number of hydrogen-bond donors (Lipinski definition) is 0. The zero-order valence-corrected chi connectivity index (χ0v) is 14.8. The zero-order chi connectivity index (χ0) is 18.5. The predicted molar refractivity (Wildman–Crippen MR) is 100 cm³/mol. The summed E-state index contributed by atoms with van der Waals surface area (Å²) in [5, 5.41) is 6.21. The van der Waals surface area contributed by atoms with Crippen molar-refractivity contribution >= 4 is 10.8 Å². The van der Waals surface area contributed by atoms with E-state index in [1.54, 1.807) is 19.5 Å². The summed E-state index contributed by atoms with van der Waals surface area (Å²) in [6.45, 7) is 1.17. The molecule has 0 aliphatic heterocycles. The molecule has 0 N–H and O–H groups in total. The lowest BCUT2D eigenvalue weighted by Crippen LogP contribution is -2.03. The Bertz CT molecular complexity index is 1030. The maximum atomic E-state index is 5.50. The smallest absolute Gasteiger partial charge is 0.258 e. The Morgan fingerprint density at radius 3 is 2.70 bits per heavy atom. The molecule has 0 unspecified atom stereocenters. The van der Waals surface area contributed by atoms with Gasteiger partial charge >= 0.3 is 0 Å². The van der Waals surface area contributed by atoms with Gasteiger partial charge in [-0.25, -0.2) is 9.97 Å². The van der Waals surface area contributed by atoms with Crippen molar-refractivity contribution < 1.29 is 14.0 Å². The van der Waals surface area contributed by atoms with Crippen LogP contribution in [0.3, 0.4) is 0 Å². The van der Waals surface area contributed by atoms with Crippen LogP contribution in [0.1, 0.15) is 6.42 Å². The molecule has 4 aromatic rings. The number of nitrogens with zero attached hydrogens (tertiary/aromatic N) is 4. The molecule has 0 atom stereocenters. The molecule has 2 aromatic carbocycles. The first kappa shape index (κ1) is 17.1. The third kappa shape index (κ3) is 3.78. The van der Waals surface area contributed by atoms with Crippen molar-refractivity contribution in [1.82, 2.24) is 20.1 Å².